The number of aromatic nitrogens is 2. The zero-order chi connectivity index (χ0) is 17.9. The fourth-order valence-corrected chi connectivity index (χ4v) is 4.25. The van der Waals surface area contributed by atoms with E-state index in [1.165, 1.54) is 6.42 Å². The van der Waals surface area contributed by atoms with E-state index in [4.69, 9.17) is 5.10 Å². The van der Waals surface area contributed by atoms with E-state index in [2.05, 4.69) is 12.2 Å². The highest BCUT2D eigenvalue weighted by Crippen LogP contribution is 2.43. The first-order valence-electron chi connectivity index (χ1n) is 9.14. The van der Waals surface area contributed by atoms with Gasteiger partial charge in [-0.2, -0.15) is 5.10 Å². The first-order valence-corrected chi connectivity index (χ1v) is 9.14. The summed E-state index contributed by atoms with van der Waals surface area (Å²) in [5, 5.41) is 19.6. The molecular weight excluding hydrogens is 326 g/mol. The predicted octanol–water partition coefficient (Wildman–Crippen LogP) is 3.16. The Morgan fingerprint density at radius 2 is 2.00 bits per heavy atom. The maximum Gasteiger partial charge on any atom is 0.242 e. The Morgan fingerprint density at radius 1 is 1.23 bits per heavy atom. The Labute approximate surface area is 151 Å². The van der Waals surface area contributed by atoms with Gasteiger partial charge in [-0.1, -0.05) is 36.4 Å². The SMILES string of the molecule is CC1(NC(=O)Cn2nc3c4c(cccc42)[C@@H](O)c2ccccc2-3)CCC1. The summed E-state index contributed by atoms with van der Waals surface area (Å²) in [6.45, 7) is 2.29. The highest BCUT2D eigenvalue weighted by Gasteiger charge is 2.34. The molecule has 2 aliphatic rings. The number of hydrogen-bond donors (Lipinski definition) is 2. The zero-order valence-corrected chi connectivity index (χ0v) is 14.7. The molecule has 1 fully saturated rings. The molecule has 1 atom stereocenters. The molecule has 5 heteroatoms. The Hall–Kier alpha value is -2.66. The van der Waals surface area contributed by atoms with Crippen LogP contribution in [0.1, 0.15) is 43.4 Å². The predicted molar refractivity (Wildman–Crippen MR) is 99.6 cm³/mol. The summed E-state index contributed by atoms with van der Waals surface area (Å²) in [7, 11) is 0. The summed E-state index contributed by atoms with van der Waals surface area (Å²) in [4.78, 5) is 12.6. The molecule has 2 aromatic carbocycles. The normalized spacial score (nSPS) is 19.7. The van der Waals surface area contributed by atoms with Gasteiger partial charge in [0, 0.05) is 16.5 Å². The van der Waals surface area contributed by atoms with E-state index < -0.39 is 6.10 Å². The molecule has 1 heterocycles. The summed E-state index contributed by atoms with van der Waals surface area (Å²) >= 11 is 0. The van der Waals surface area contributed by atoms with E-state index >= 15 is 0 Å². The van der Waals surface area contributed by atoms with E-state index in [9.17, 15) is 9.90 Å². The summed E-state index contributed by atoms with van der Waals surface area (Å²) in [5.74, 6) is -0.0124. The summed E-state index contributed by atoms with van der Waals surface area (Å²) < 4.78 is 1.76. The van der Waals surface area contributed by atoms with Gasteiger partial charge < -0.3 is 10.4 Å². The van der Waals surface area contributed by atoms with Gasteiger partial charge >= 0.3 is 0 Å². The molecule has 0 saturated heterocycles. The van der Waals surface area contributed by atoms with E-state index in [-0.39, 0.29) is 18.0 Å². The topological polar surface area (TPSA) is 67.2 Å². The zero-order valence-electron chi connectivity index (χ0n) is 14.7. The van der Waals surface area contributed by atoms with Crippen molar-refractivity contribution in [2.75, 3.05) is 0 Å². The van der Waals surface area contributed by atoms with Crippen molar-refractivity contribution in [3.63, 3.8) is 0 Å². The first kappa shape index (κ1) is 15.6. The van der Waals surface area contributed by atoms with Gasteiger partial charge in [-0.15, -0.1) is 0 Å². The summed E-state index contributed by atoms with van der Waals surface area (Å²) in [5.41, 5.74) is 4.33. The Balaban J connectivity index is 1.59. The van der Waals surface area contributed by atoms with Gasteiger partial charge in [0.2, 0.25) is 5.91 Å². The molecule has 5 rings (SSSR count). The van der Waals surface area contributed by atoms with Crippen molar-refractivity contribution < 1.29 is 9.90 Å². The van der Waals surface area contributed by atoms with Gasteiger partial charge in [-0.25, -0.2) is 0 Å². The molecule has 0 aliphatic heterocycles. The standard InChI is InChI=1S/C21H21N3O2/c1-21(10-5-11-21)22-17(25)12-24-16-9-4-8-15-18(16)19(23-24)13-6-2-3-7-14(13)20(15)26/h2-4,6-9,20,26H,5,10-12H2,1H3,(H,22,25)/t20-/m0/s1. The van der Waals surface area contributed by atoms with Crippen LogP contribution in [0.25, 0.3) is 22.2 Å². The van der Waals surface area contributed by atoms with Gasteiger partial charge in [-0.3, -0.25) is 9.48 Å². The fourth-order valence-electron chi connectivity index (χ4n) is 4.25. The minimum absolute atomic E-state index is 0.0124. The number of aliphatic hydroxyl groups excluding tert-OH is 1. The molecule has 0 spiro atoms. The van der Waals surface area contributed by atoms with Crippen LogP contribution < -0.4 is 5.32 Å². The second-order valence-corrected chi connectivity index (χ2v) is 7.70. The highest BCUT2D eigenvalue weighted by molar-refractivity contribution is 6.00. The largest absolute Gasteiger partial charge is 0.384 e. The Bertz CT molecular complexity index is 1030. The van der Waals surface area contributed by atoms with Crippen LogP contribution in [0.5, 0.6) is 0 Å². The third-order valence-corrected chi connectivity index (χ3v) is 5.81. The van der Waals surface area contributed by atoms with E-state index in [1.807, 2.05) is 42.5 Å². The van der Waals surface area contributed by atoms with Crippen LogP contribution in [-0.4, -0.2) is 26.3 Å². The lowest BCUT2D eigenvalue weighted by atomic mass is 9.78. The van der Waals surface area contributed by atoms with E-state index in [0.29, 0.717) is 0 Å². The Morgan fingerprint density at radius 3 is 2.77 bits per heavy atom. The minimum Gasteiger partial charge on any atom is -0.384 e. The molecule has 1 saturated carbocycles. The van der Waals surface area contributed by atoms with E-state index in [1.54, 1.807) is 4.68 Å². The van der Waals surface area contributed by atoms with Crippen LogP contribution in [0, 0.1) is 0 Å². The molecule has 3 aromatic rings. The summed E-state index contributed by atoms with van der Waals surface area (Å²) in [6.07, 6.45) is 2.58. The lowest BCUT2D eigenvalue weighted by molar-refractivity contribution is -0.124. The van der Waals surface area contributed by atoms with Crippen molar-refractivity contribution in [3.05, 3.63) is 53.6 Å². The Kier molecular flexibility index (Phi) is 3.25. The number of hydrogen-bond acceptors (Lipinski definition) is 3. The van der Waals surface area contributed by atoms with Gasteiger partial charge in [0.1, 0.15) is 18.3 Å². The lowest BCUT2D eigenvalue weighted by Crippen LogP contribution is -2.51. The monoisotopic (exact) mass is 347 g/mol. The molecular formula is C21H21N3O2. The minimum atomic E-state index is -0.664. The van der Waals surface area contributed by atoms with Crippen molar-refractivity contribution in [2.24, 2.45) is 0 Å². The molecule has 1 amide bonds. The second-order valence-electron chi connectivity index (χ2n) is 7.70. The number of nitrogens with zero attached hydrogens (tertiary/aromatic N) is 2. The van der Waals surface area contributed by atoms with Crippen molar-refractivity contribution in [2.45, 2.75) is 44.4 Å². The van der Waals surface area contributed by atoms with Gasteiger partial charge in [0.05, 0.1) is 5.52 Å². The lowest BCUT2D eigenvalue weighted by Gasteiger charge is -2.39. The quantitative estimate of drug-likeness (QED) is 0.765. The van der Waals surface area contributed by atoms with Crippen LogP contribution in [0.15, 0.2) is 42.5 Å². The van der Waals surface area contributed by atoms with Crippen LogP contribution >= 0.6 is 0 Å². The number of aliphatic hydroxyl groups is 1. The molecule has 0 unspecified atom stereocenters. The third kappa shape index (κ3) is 2.20. The maximum atomic E-state index is 12.6. The molecule has 0 radical (unpaired) electrons. The van der Waals surface area contributed by atoms with Crippen LogP contribution in [0.3, 0.4) is 0 Å². The van der Waals surface area contributed by atoms with Crippen molar-refractivity contribution in [1.82, 2.24) is 15.1 Å². The number of carbonyl (C=O) groups excluding carboxylic acids is 1. The number of fused-ring (bicyclic) bond motifs is 2. The average molecular weight is 347 g/mol. The molecule has 2 N–H and O–H groups in total. The molecule has 0 bridgehead atoms. The number of nitrogens with one attached hydrogen (secondary N) is 1. The van der Waals surface area contributed by atoms with Crippen molar-refractivity contribution in [3.8, 4) is 11.3 Å². The number of amides is 1. The van der Waals surface area contributed by atoms with Crippen molar-refractivity contribution in [1.29, 1.82) is 0 Å². The number of benzene rings is 2. The van der Waals surface area contributed by atoms with Gasteiger partial charge in [0.15, 0.2) is 0 Å². The van der Waals surface area contributed by atoms with Crippen molar-refractivity contribution >= 4 is 16.8 Å². The fraction of sp³-hybridized carbons (Fsp3) is 0.333. The first-order chi connectivity index (χ1) is 12.6. The molecule has 2 aliphatic carbocycles. The molecule has 1 aromatic heterocycles. The van der Waals surface area contributed by atoms with Gasteiger partial charge in [-0.05, 0) is 43.4 Å². The van der Waals surface area contributed by atoms with Crippen LogP contribution in [0.2, 0.25) is 0 Å². The van der Waals surface area contributed by atoms with Gasteiger partial charge in [0.25, 0.3) is 0 Å². The summed E-state index contributed by atoms with van der Waals surface area (Å²) in [6, 6.07) is 13.6. The smallest absolute Gasteiger partial charge is 0.242 e. The van der Waals surface area contributed by atoms with E-state index in [0.717, 1.165) is 46.1 Å². The second kappa shape index (κ2) is 5.42. The van der Waals surface area contributed by atoms with Crippen LogP contribution in [-0.2, 0) is 11.3 Å². The molecule has 26 heavy (non-hydrogen) atoms. The molecule has 5 nitrogen and oxygen atoms in total. The third-order valence-electron chi connectivity index (χ3n) is 5.81. The molecule has 132 valence electrons. The van der Waals surface area contributed by atoms with Crippen LogP contribution in [0.4, 0.5) is 0 Å². The maximum absolute atomic E-state index is 12.6. The average Bonchev–Trinajstić information content (AvgIpc) is 2.98. The highest BCUT2D eigenvalue weighted by atomic mass is 16.3. The number of rotatable bonds is 3. The number of carbonyl (C=O) groups is 1.